The molecule has 0 radical (unpaired) electrons. The summed E-state index contributed by atoms with van der Waals surface area (Å²) in [5.41, 5.74) is 0.420. The summed E-state index contributed by atoms with van der Waals surface area (Å²) >= 11 is 0. The lowest BCUT2D eigenvalue weighted by molar-refractivity contribution is -0.134. The molecule has 11 heteroatoms. The normalized spacial score (nSPS) is 11.6. The summed E-state index contributed by atoms with van der Waals surface area (Å²) in [4.78, 5) is 35.8. The van der Waals surface area contributed by atoms with E-state index in [0.29, 0.717) is 18.1 Å². The third-order valence-corrected chi connectivity index (χ3v) is 8.52. The molecule has 0 aromatic heterocycles. The highest BCUT2D eigenvalue weighted by Gasteiger charge is 2.19. The Balaban J connectivity index is 0.000000455. The summed E-state index contributed by atoms with van der Waals surface area (Å²) in [6.07, 6.45) is 31.6. The predicted octanol–water partition coefficient (Wildman–Crippen LogP) is 13.2. The Morgan fingerprint density at radius 1 is 0.574 bits per heavy atom. The van der Waals surface area contributed by atoms with Crippen molar-refractivity contribution in [3.63, 3.8) is 0 Å². The number of aromatic carboxylic acids is 1. The molecular weight excluding hydrogens is 789 g/mol. The SMILES string of the molecule is CC/C=C\C/C=C\C/C=C\C/C=C\C/C=C\C/C=C\CCC(=O)Oc1ccc(-c2ccc(F)cc2F)cc1C(=O)OCC.O=C(O)c1cc(-c2ccc(F)cc2F)ccc1O. The van der Waals surface area contributed by atoms with Crippen LogP contribution in [0.15, 0.2) is 146 Å². The van der Waals surface area contributed by atoms with Crippen LogP contribution in [0.5, 0.6) is 11.5 Å². The lowest BCUT2D eigenvalue weighted by atomic mass is 10.0. The van der Waals surface area contributed by atoms with Crippen molar-refractivity contribution < 1.29 is 51.6 Å². The second-order valence-electron chi connectivity index (χ2n) is 13.1. The van der Waals surface area contributed by atoms with Crippen LogP contribution in [0.1, 0.15) is 85.9 Å². The molecule has 0 atom stereocenters. The number of phenols is 1. The van der Waals surface area contributed by atoms with Crippen LogP contribution < -0.4 is 4.74 Å². The third kappa shape index (κ3) is 17.6. The first kappa shape index (κ1) is 48.6. The Hall–Kier alpha value is -6.75. The maximum Gasteiger partial charge on any atom is 0.341 e. The largest absolute Gasteiger partial charge is 0.507 e. The maximum atomic E-state index is 14.3. The van der Waals surface area contributed by atoms with Crippen LogP contribution in [0, 0.1) is 23.3 Å². The van der Waals surface area contributed by atoms with Gasteiger partial charge < -0.3 is 19.7 Å². The number of esters is 2. The number of hydrogen-bond donors (Lipinski definition) is 2. The number of carbonyl (C=O) groups excluding carboxylic acids is 2. The average Bonchev–Trinajstić information content (AvgIpc) is 3.22. The van der Waals surface area contributed by atoms with Crippen LogP contribution in [0.2, 0.25) is 0 Å². The Morgan fingerprint density at radius 3 is 1.49 bits per heavy atom. The van der Waals surface area contributed by atoms with Crippen LogP contribution in [0.4, 0.5) is 17.6 Å². The molecule has 0 amide bonds. The molecule has 0 aliphatic carbocycles. The highest BCUT2D eigenvalue weighted by molar-refractivity contribution is 5.95. The minimum atomic E-state index is -1.32. The molecule has 0 spiro atoms. The highest BCUT2D eigenvalue weighted by Crippen LogP contribution is 2.31. The number of hydrogen-bond acceptors (Lipinski definition) is 6. The number of aromatic hydroxyl groups is 1. The number of carboxylic acid groups (broad SMARTS) is 1. The van der Waals surface area contributed by atoms with Gasteiger partial charge in [-0.15, -0.1) is 0 Å². The molecule has 4 rings (SSSR count). The number of benzene rings is 4. The number of carboxylic acids is 1. The van der Waals surface area contributed by atoms with E-state index in [-0.39, 0.29) is 46.6 Å². The minimum absolute atomic E-state index is 0.00893. The summed E-state index contributed by atoms with van der Waals surface area (Å²) < 4.78 is 64.4. The monoisotopic (exact) mass is 838 g/mol. The van der Waals surface area contributed by atoms with Gasteiger partial charge in [-0.25, -0.2) is 27.2 Å². The van der Waals surface area contributed by atoms with Gasteiger partial charge in [-0.1, -0.05) is 92.0 Å². The van der Waals surface area contributed by atoms with Gasteiger partial charge in [-0.2, -0.15) is 0 Å². The lowest BCUT2D eigenvalue weighted by Gasteiger charge is -2.12. The van der Waals surface area contributed by atoms with Crippen LogP contribution in [0.3, 0.4) is 0 Å². The van der Waals surface area contributed by atoms with Gasteiger partial charge in [0.05, 0.1) is 6.61 Å². The number of rotatable bonds is 20. The van der Waals surface area contributed by atoms with Gasteiger partial charge in [0, 0.05) is 29.7 Å². The fraction of sp³-hybridized carbons (Fsp3) is 0.220. The molecule has 320 valence electrons. The standard InChI is InChI=1S/C37H42F2O4.C13H8F2O3/c1-3-5-6-7-8-9-10-11-12-13-14-15-16-17-18-19-20-21-22-23-36(40)43-35-27-24-30(28-33(35)37(41)42-4-2)32-26-25-31(38)29-34(32)39;14-8-2-3-9(11(15)6-8)7-1-4-12(16)10(5-7)13(17)18/h5-6,8-9,11-12,14-15,17-18,20-21,24-29H,3-4,7,10,13,16,19,22-23H2,1-2H3;1-6,16H,(H,17,18)/b6-5-,9-8-,12-11-,15-14-,18-17-,21-20-;. The van der Waals surface area contributed by atoms with E-state index >= 15 is 0 Å². The van der Waals surface area contributed by atoms with E-state index in [1.807, 2.05) is 12.2 Å². The number of allylic oxidation sites excluding steroid dienone is 12. The van der Waals surface area contributed by atoms with E-state index in [2.05, 4.69) is 67.7 Å². The number of ether oxygens (including phenoxy) is 2. The van der Waals surface area contributed by atoms with Crippen molar-refractivity contribution in [2.24, 2.45) is 0 Å². The van der Waals surface area contributed by atoms with Gasteiger partial charge in [0.1, 0.15) is 45.9 Å². The maximum absolute atomic E-state index is 14.3. The zero-order valence-corrected chi connectivity index (χ0v) is 34.2. The van der Waals surface area contributed by atoms with Crippen molar-refractivity contribution in [2.45, 2.75) is 65.2 Å². The molecule has 0 fully saturated rings. The molecule has 4 aromatic rings. The van der Waals surface area contributed by atoms with Gasteiger partial charge >= 0.3 is 17.9 Å². The third-order valence-electron chi connectivity index (χ3n) is 8.52. The smallest absolute Gasteiger partial charge is 0.341 e. The second-order valence-corrected chi connectivity index (χ2v) is 13.1. The van der Waals surface area contributed by atoms with E-state index in [1.54, 1.807) is 6.92 Å². The van der Waals surface area contributed by atoms with Crippen molar-refractivity contribution in [1.29, 1.82) is 0 Å². The van der Waals surface area contributed by atoms with Crippen LogP contribution in [-0.4, -0.2) is 34.7 Å². The zero-order chi connectivity index (χ0) is 44.4. The van der Waals surface area contributed by atoms with E-state index in [9.17, 15) is 37.1 Å². The molecule has 4 aromatic carbocycles. The van der Waals surface area contributed by atoms with Crippen molar-refractivity contribution in [1.82, 2.24) is 0 Å². The van der Waals surface area contributed by atoms with Gasteiger partial charge in [0.2, 0.25) is 0 Å². The van der Waals surface area contributed by atoms with Crippen LogP contribution >= 0.6 is 0 Å². The quantitative estimate of drug-likeness (QED) is 0.0395. The first-order chi connectivity index (χ1) is 29.4. The summed E-state index contributed by atoms with van der Waals surface area (Å²) in [5, 5.41) is 18.2. The zero-order valence-electron chi connectivity index (χ0n) is 34.2. The Labute approximate surface area is 354 Å². The molecule has 0 unspecified atom stereocenters. The van der Waals surface area contributed by atoms with Gasteiger partial charge in [0.25, 0.3) is 0 Å². The molecule has 7 nitrogen and oxygen atoms in total. The first-order valence-electron chi connectivity index (χ1n) is 19.8. The predicted molar refractivity (Wildman–Crippen MR) is 231 cm³/mol. The average molecular weight is 839 g/mol. The summed E-state index contributed by atoms with van der Waals surface area (Å²) in [6.45, 7) is 3.90. The fourth-order valence-electron chi connectivity index (χ4n) is 5.49. The molecule has 0 bridgehead atoms. The summed E-state index contributed by atoms with van der Waals surface area (Å²) in [5.74, 6) is -5.90. The number of halogens is 4. The summed E-state index contributed by atoms with van der Waals surface area (Å²) in [6, 6.07) is 14.1. The van der Waals surface area contributed by atoms with Crippen LogP contribution in [-0.2, 0) is 9.53 Å². The van der Waals surface area contributed by atoms with Crippen LogP contribution in [0.25, 0.3) is 22.3 Å². The lowest BCUT2D eigenvalue weighted by Crippen LogP contribution is -2.12. The molecule has 0 heterocycles. The first-order valence-corrected chi connectivity index (χ1v) is 19.8. The molecule has 0 aliphatic heterocycles. The topological polar surface area (TPSA) is 110 Å². The van der Waals surface area contributed by atoms with Gasteiger partial charge in [0.15, 0.2) is 0 Å². The van der Waals surface area contributed by atoms with Crippen molar-refractivity contribution in [3.8, 4) is 33.8 Å². The molecular formula is C50H50F4O7. The minimum Gasteiger partial charge on any atom is -0.507 e. The Kier molecular flexibility index (Phi) is 21.6. The molecule has 0 aliphatic rings. The molecule has 61 heavy (non-hydrogen) atoms. The summed E-state index contributed by atoms with van der Waals surface area (Å²) in [7, 11) is 0. The van der Waals surface area contributed by atoms with Crippen molar-refractivity contribution in [2.75, 3.05) is 6.61 Å². The second kappa shape index (κ2) is 27.1. The van der Waals surface area contributed by atoms with Gasteiger partial charge in [-0.05, 0) is 112 Å². The van der Waals surface area contributed by atoms with E-state index in [1.165, 1.54) is 36.4 Å². The Morgan fingerprint density at radius 2 is 1.03 bits per heavy atom. The fourth-order valence-corrected chi connectivity index (χ4v) is 5.49. The molecule has 0 saturated carbocycles. The number of carbonyl (C=O) groups is 3. The molecule has 0 saturated heterocycles. The van der Waals surface area contributed by atoms with E-state index < -0.39 is 46.9 Å². The Bertz CT molecular complexity index is 2250. The van der Waals surface area contributed by atoms with Gasteiger partial charge in [-0.3, -0.25) is 4.79 Å². The van der Waals surface area contributed by atoms with Crippen molar-refractivity contribution in [3.05, 3.63) is 180 Å². The van der Waals surface area contributed by atoms with Crippen molar-refractivity contribution >= 4 is 17.9 Å². The highest BCUT2D eigenvalue weighted by atomic mass is 19.1. The van der Waals surface area contributed by atoms with E-state index in [4.69, 9.17) is 14.6 Å². The molecule has 2 N–H and O–H groups in total. The van der Waals surface area contributed by atoms with E-state index in [0.717, 1.165) is 68.9 Å².